The number of hydrogen-bond donors (Lipinski definition) is 2. The van der Waals surface area contributed by atoms with Gasteiger partial charge in [0.1, 0.15) is 0 Å². The molecular formula is C10H24N2O. The largest absolute Gasteiger partial charge is 0.395 e. The minimum absolute atomic E-state index is 0.247. The van der Waals surface area contributed by atoms with E-state index in [0.717, 1.165) is 32.5 Å². The van der Waals surface area contributed by atoms with Crippen LogP contribution in [-0.4, -0.2) is 43.3 Å². The van der Waals surface area contributed by atoms with Crippen LogP contribution >= 0.6 is 0 Å². The van der Waals surface area contributed by atoms with Gasteiger partial charge < -0.3 is 15.7 Å². The summed E-state index contributed by atoms with van der Waals surface area (Å²) >= 11 is 0. The molecule has 0 aliphatic carbocycles. The normalized spacial score (nSPS) is 12.5. The smallest absolute Gasteiger partial charge is 0.0558 e. The van der Waals surface area contributed by atoms with Crippen molar-refractivity contribution in [1.82, 2.24) is 4.90 Å². The van der Waals surface area contributed by atoms with E-state index in [1.807, 2.05) is 7.05 Å². The molecule has 3 N–H and O–H groups in total. The zero-order chi connectivity index (χ0) is 10.3. The van der Waals surface area contributed by atoms with Crippen molar-refractivity contribution in [2.75, 3.05) is 33.3 Å². The number of aliphatic hydroxyl groups is 1. The molecule has 0 aromatic carbocycles. The van der Waals surface area contributed by atoms with Gasteiger partial charge in [-0.05, 0) is 38.4 Å². The van der Waals surface area contributed by atoms with E-state index in [2.05, 4.69) is 18.7 Å². The number of aliphatic hydroxyl groups excluding tert-OH is 1. The van der Waals surface area contributed by atoms with Crippen LogP contribution in [0.5, 0.6) is 0 Å². The second-order valence-electron chi connectivity index (χ2n) is 4.50. The zero-order valence-electron chi connectivity index (χ0n) is 9.21. The van der Waals surface area contributed by atoms with E-state index in [1.165, 1.54) is 0 Å². The third kappa shape index (κ3) is 6.99. The molecule has 0 saturated carbocycles. The first-order valence-electron chi connectivity index (χ1n) is 5.01. The van der Waals surface area contributed by atoms with Crippen molar-refractivity contribution < 1.29 is 5.11 Å². The second-order valence-corrected chi connectivity index (χ2v) is 4.50. The van der Waals surface area contributed by atoms with E-state index in [9.17, 15) is 0 Å². The lowest BCUT2D eigenvalue weighted by atomic mass is 9.88. The molecule has 0 aromatic rings. The van der Waals surface area contributed by atoms with Crippen LogP contribution in [-0.2, 0) is 0 Å². The maximum atomic E-state index is 8.68. The lowest BCUT2D eigenvalue weighted by Crippen LogP contribution is -2.27. The monoisotopic (exact) mass is 188 g/mol. The first-order valence-corrected chi connectivity index (χ1v) is 5.01. The molecule has 3 nitrogen and oxygen atoms in total. The molecule has 0 saturated heterocycles. The summed E-state index contributed by atoms with van der Waals surface area (Å²) in [5.74, 6) is 0. The molecule has 0 aliphatic heterocycles. The Morgan fingerprint density at radius 1 is 1.31 bits per heavy atom. The summed E-state index contributed by atoms with van der Waals surface area (Å²) in [5.41, 5.74) is 5.89. The molecule has 80 valence electrons. The summed E-state index contributed by atoms with van der Waals surface area (Å²) in [6, 6.07) is 0. The third-order valence-corrected chi connectivity index (χ3v) is 2.43. The molecule has 0 heterocycles. The molecule has 0 aliphatic rings. The fraction of sp³-hybridized carbons (Fsp3) is 1.00. The lowest BCUT2D eigenvalue weighted by Gasteiger charge is -2.23. The van der Waals surface area contributed by atoms with Crippen LogP contribution in [0, 0.1) is 5.41 Å². The average Bonchev–Trinajstić information content (AvgIpc) is 2.05. The Balaban J connectivity index is 3.44. The van der Waals surface area contributed by atoms with Gasteiger partial charge in [0.25, 0.3) is 0 Å². The van der Waals surface area contributed by atoms with Gasteiger partial charge in [-0.3, -0.25) is 0 Å². The van der Waals surface area contributed by atoms with Gasteiger partial charge in [-0.25, -0.2) is 0 Å². The topological polar surface area (TPSA) is 49.5 Å². The van der Waals surface area contributed by atoms with Gasteiger partial charge in [0.05, 0.1) is 6.61 Å². The molecule has 3 heteroatoms. The molecule has 0 spiro atoms. The first kappa shape index (κ1) is 12.9. The predicted octanol–water partition coefficient (Wildman–Crippen LogP) is 0.676. The Labute approximate surface area is 81.9 Å². The van der Waals surface area contributed by atoms with Crippen LogP contribution in [0.1, 0.15) is 26.7 Å². The number of nitrogens with two attached hydrogens (primary N) is 1. The summed E-state index contributed by atoms with van der Waals surface area (Å²) in [6.45, 7) is 7.19. The SMILES string of the molecule is CN(CCO)CCCC(C)(C)CN. The summed E-state index contributed by atoms with van der Waals surface area (Å²) in [7, 11) is 2.03. The Morgan fingerprint density at radius 3 is 2.38 bits per heavy atom. The van der Waals surface area contributed by atoms with Gasteiger partial charge in [0.15, 0.2) is 0 Å². The van der Waals surface area contributed by atoms with Crippen molar-refractivity contribution in [1.29, 1.82) is 0 Å². The summed E-state index contributed by atoms with van der Waals surface area (Å²) in [5, 5.41) is 8.68. The van der Waals surface area contributed by atoms with E-state index in [-0.39, 0.29) is 12.0 Å². The van der Waals surface area contributed by atoms with Crippen molar-refractivity contribution in [2.24, 2.45) is 11.1 Å². The third-order valence-electron chi connectivity index (χ3n) is 2.43. The fourth-order valence-electron chi connectivity index (χ4n) is 1.21. The molecule has 0 fully saturated rings. The van der Waals surface area contributed by atoms with Gasteiger partial charge in [-0.2, -0.15) is 0 Å². The summed E-state index contributed by atoms with van der Waals surface area (Å²) < 4.78 is 0. The average molecular weight is 188 g/mol. The molecule has 0 rings (SSSR count). The van der Waals surface area contributed by atoms with Crippen molar-refractivity contribution >= 4 is 0 Å². The Bertz CT molecular complexity index is 126. The van der Waals surface area contributed by atoms with Crippen LogP contribution in [0.15, 0.2) is 0 Å². The molecule has 0 radical (unpaired) electrons. The Morgan fingerprint density at radius 2 is 1.92 bits per heavy atom. The van der Waals surface area contributed by atoms with E-state index < -0.39 is 0 Å². The van der Waals surface area contributed by atoms with Gasteiger partial charge >= 0.3 is 0 Å². The van der Waals surface area contributed by atoms with Crippen LogP contribution in [0.4, 0.5) is 0 Å². The van der Waals surface area contributed by atoms with Gasteiger partial charge in [-0.15, -0.1) is 0 Å². The van der Waals surface area contributed by atoms with Crippen LogP contribution in [0.2, 0.25) is 0 Å². The molecule has 0 atom stereocenters. The summed E-state index contributed by atoms with van der Waals surface area (Å²) in [4.78, 5) is 2.15. The molecule has 0 amide bonds. The highest BCUT2D eigenvalue weighted by Gasteiger charge is 2.14. The quantitative estimate of drug-likeness (QED) is 0.617. The van der Waals surface area contributed by atoms with E-state index in [4.69, 9.17) is 10.8 Å². The molecule has 0 unspecified atom stereocenters. The predicted molar refractivity (Wildman–Crippen MR) is 56.7 cm³/mol. The van der Waals surface area contributed by atoms with Gasteiger partial charge in [0.2, 0.25) is 0 Å². The molecule has 13 heavy (non-hydrogen) atoms. The second kappa shape index (κ2) is 6.35. The number of hydrogen-bond acceptors (Lipinski definition) is 3. The molecule has 0 bridgehead atoms. The highest BCUT2D eigenvalue weighted by atomic mass is 16.3. The molecular weight excluding hydrogens is 164 g/mol. The van der Waals surface area contributed by atoms with E-state index in [1.54, 1.807) is 0 Å². The van der Waals surface area contributed by atoms with E-state index in [0.29, 0.717) is 0 Å². The van der Waals surface area contributed by atoms with Crippen LogP contribution < -0.4 is 5.73 Å². The van der Waals surface area contributed by atoms with Crippen LogP contribution in [0.3, 0.4) is 0 Å². The van der Waals surface area contributed by atoms with Gasteiger partial charge in [-0.1, -0.05) is 13.8 Å². The van der Waals surface area contributed by atoms with Crippen molar-refractivity contribution in [3.05, 3.63) is 0 Å². The standard InChI is InChI=1S/C10H24N2O/c1-10(2,9-11)5-4-6-12(3)7-8-13/h13H,4-9,11H2,1-3H3. The van der Waals surface area contributed by atoms with Crippen LogP contribution in [0.25, 0.3) is 0 Å². The summed E-state index contributed by atoms with van der Waals surface area (Å²) in [6.07, 6.45) is 2.31. The maximum Gasteiger partial charge on any atom is 0.0558 e. The van der Waals surface area contributed by atoms with Crippen molar-refractivity contribution in [2.45, 2.75) is 26.7 Å². The Hall–Kier alpha value is -0.120. The Kier molecular flexibility index (Phi) is 6.29. The van der Waals surface area contributed by atoms with E-state index >= 15 is 0 Å². The molecule has 0 aromatic heterocycles. The minimum Gasteiger partial charge on any atom is -0.395 e. The lowest BCUT2D eigenvalue weighted by molar-refractivity contribution is 0.211. The number of rotatable bonds is 7. The fourth-order valence-corrected chi connectivity index (χ4v) is 1.21. The maximum absolute atomic E-state index is 8.68. The highest BCUT2D eigenvalue weighted by Crippen LogP contribution is 2.19. The number of nitrogens with zero attached hydrogens (tertiary/aromatic N) is 1. The van der Waals surface area contributed by atoms with Gasteiger partial charge in [0, 0.05) is 6.54 Å². The minimum atomic E-state index is 0.247. The van der Waals surface area contributed by atoms with Crippen molar-refractivity contribution in [3.63, 3.8) is 0 Å². The van der Waals surface area contributed by atoms with Crippen molar-refractivity contribution in [3.8, 4) is 0 Å². The zero-order valence-corrected chi connectivity index (χ0v) is 9.21. The first-order chi connectivity index (χ1) is 6.02. The number of likely N-dealkylation sites (N-methyl/N-ethyl adjacent to an activating group) is 1. The highest BCUT2D eigenvalue weighted by molar-refractivity contribution is 4.69.